The third-order valence-corrected chi connectivity index (χ3v) is 4.72. The van der Waals surface area contributed by atoms with Gasteiger partial charge in [-0.05, 0) is 35.7 Å². The summed E-state index contributed by atoms with van der Waals surface area (Å²) >= 11 is 9.48. The lowest BCUT2D eigenvalue weighted by Crippen LogP contribution is -2.16. The number of hydrogen-bond acceptors (Lipinski definition) is 2. The van der Waals surface area contributed by atoms with E-state index in [2.05, 4.69) is 57.5 Å². The summed E-state index contributed by atoms with van der Waals surface area (Å²) in [6.45, 7) is 2.71. The molecule has 6 heteroatoms. The molecule has 0 aliphatic carbocycles. The highest BCUT2D eigenvalue weighted by molar-refractivity contribution is 9.10. The van der Waals surface area contributed by atoms with E-state index in [0.717, 1.165) is 16.5 Å². The van der Waals surface area contributed by atoms with Crippen LogP contribution in [0, 0.1) is 0 Å². The Balaban J connectivity index is 1.77. The van der Waals surface area contributed by atoms with Crippen LogP contribution in [0.25, 0.3) is 0 Å². The topological polar surface area (TPSA) is 46.9 Å². The summed E-state index contributed by atoms with van der Waals surface area (Å²) in [5.74, 6) is 0.356. The van der Waals surface area contributed by atoms with Crippen molar-refractivity contribution in [2.45, 2.75) is 19.9 Å². The number of carbonyl (C=O) groups excluding carboxylic acids is 1. The maximum Gasteiger partial charge on any atom is 0.258 e. The summed E-state index contributed by atoms with van der Waals surface area (Å²) in [5, 5.41) is 7.58. The SMILES string of the molecule is CCc1ccc(Cn2nccc2NC(=O)c2cc(Br)ccc2Cl)cc1. The van der Waals surface area contributed by atoms with Crippen molar-refractivity contribution < 1.29 is 4.79 Å². The minimum Gasteiger partial charge on any atom is -0.307 e. The van der Waals surface area contributed by atoms with Crippen LogP contribution in [0.4, 0.5) is 5.82 Å². The fraction of sp³-hybridized carbons (Fsp3) is 0.158. The lowest BCUT2D eigenvalue weighted by atomic mass is 10.1. The van der Waals surface area contributed by atoms with E-state index in [1.54, 1.807) is 35.1 Å². The van der Waals surface area contributed by atoms with E-state index in [9.17, 15) is 4.79 Å². The zero-order chi connectivity index (χ0) is 17.8. The molecular weight excluding hydrogens is 402 g/mol. The summed E-state index contributed by atoms with van der Waals surface area (Å²) < 4.78 is 2.55. The Morgan fingerprint density at radius 2 is 1.88 bits per heavy atom. The molecule has 4 nitrogen and oxygen atoms in total. The molecule has 1 aromatic heterocycles. The summed E-state index contributed by atoms with van der Waals surface area (Å²) in [6, 6.07) is 15.3. The summed E-state index contributed by atoms with van der Waals surface area (Å²) in [5.41, 5.74) is 2.83. The van der Waals surface area contributed by atoms with Crippen molar-refractivity contribution in [1.82, 2.24) is 9.78 Å². The average molecular weight is 419 g/mol. The number of aromatic nitrogens is 2. The second kappa shape index (κ2) is 7.85. The van der Waals surface area contributed by atoms with Gasteiger partial charge in [-0.15, -0.1) is 0 Å². The molecule has 0 unspecified atom stereocenters. The van der Waals surface area contributed by atoms with E-state index in [1.165, 1.54) is 5.56 Å². The number of nitrogens with zero attached hydrogens (tertiary/aromatic N) is 2. The molecule has 25 heavy (non-hydrogen) atoms. The maximum atomic E-state index is 12.5. The Morgan fingerprint density at radius 1 is 1.16 bits per heavy atom. The molecule has 0 spiro atoms. The molecule has 0 radical (unpaired) electrons. The van der Waals surface area contributed by atoms with Crippen LogP contribution in [-0.4, -0.2) is 15.7 Å². The van der Waals surface area contributed by atoms with Crippen molar-refractivity contribution in [3.8, 4) is 0 Å². The third-order valence-electron chi connectivity index (χ3n) is 3.89. The molecule has 128 valence electrons. The van der Waals surface area contributed by atoms with Crippen LogP contribution in [0.5, 0.6) is 0 Å². The Morgan fingerprint density at radius 3 is 2.60 bits per heavy atom. The van der Waals surface area contributed by atoms with Crippen LogP contribution in [0.15, 0.2) is 59.2 Å². The third kappa shape index (κ3) is 4.30. The molecule has 0 aliphatic heterocycles. The van der Waals surface area contributed by atoms with Gasteiger partial charge in [-0.25, -0.2) is 4.68 Å². The highest BCUT2D eigenvalue weighted by Crippen LogP contribution is 2.22. The van der Waals surface area contributed by atoms with Gasteiger partial charge >= 0.3 is 0 Å². The van der Waals surface area contributed by atoms with Crippen LogP contribution >= 0.6 is 27.5 Å². The highest BCUT2D eigenvalue weighted by atomic mass is 79.9. The Hall–Kier alpha value is -2.11. The normalized spacial score (nSPS) is 10.7. The van der Waals surface area contributed by atoms with Crippen molar-refractivity contribution in [2.24, 2.45) is 0 Å². The monoisotopic (exact) mass is 417 g/mol. The average Bonchev–Trinajstić information content (AvgIpc) is 3.04. The molecule has 3 rings (SSSR count). The zero-order valence-corrected chi connectivity index (χ0v) is 16.0. The first-order valence-corrected chi connectivity index (χ1v) is 9.10. The predicted octanol–water partition coefficient (Wildman–Crippen LogP) is 5.16. The van der Waals surface area contributed by atoms with E-state index in [1.807, 2.05) is 0 Å². The van der Waals surface area contributed by atoms with Crippen LogP contribution in [0.3, 0.4) is 0 Å². The van der Waals surface area contributed by atoms with Crippen molar-refractivity contribution >= 4 is 39.3 Å². The fourth-order valence-corrected chi connectivity index (χ4v) is 3.04. The van der Waals surface area contributed by atoms with Gasteiger partial charge in [0.1, 0.15) is 5.82 Å². The number of anilines is 1. The number of hydrogen-bond donors (Lipinski definition) is 1. The van der Waals surface area contributed by atoms with Gasteiger partial charge in [-0.3, -0.25) is 4.79 Å². The second-order valence-electron chi connectivity index (χ2n) is 5.62. The molecule has 0 saturated heterocycles. The first-order valence-electron chi connectivity index (χ1n) is 7.93. The number of carbonyl (C=O) groups is 1. The van der Waals surface area contributed by atoms with Crippen LogP contribution in [0.1, 0.15) is 28.4 Å². The van der Waals surface area contributed by atoms with Crippen LogP contribution in [-0.2, 0) is 13.0 Å². The second-order valence-corrected chi connectivity index (χ2v) is 6.95. The molecule has 0 atom stereocenters. The standard InChI is InChI=1S/C19H17BrClN3O/c1-2-13-3-5-14(6-4-13)12-24-18(9-10-22-24)23-19(25)16-11-15(20)7-8-17(16)21/h3-11H,2,12H2,1H3,(H,23,25). The number of halogens is 2. The van der Waals surface area contributed by atoms with E-state index < -0.39 is 0 Å². The highest BCUT2D eigenvalue weighted by Gasteiger charge is 2.13. The van der Waals surface area contributed by atoms with Gasteiger partial charge in [0.2, 0.25) is 0 Å². The molecule has 1 N–H and O–H groups in total. The van der Waals surface area contributed by atoms with Crippen molar-refractivity contribution in [3.05, 3.63) is 80.9 Å². The predicted molar refractivity (Wildman–Crippen MR) is 104 cm³/mol. The van der Waals surface area contributed by atoms with E-state index in [0.29, 0.717) is 22.9 Å². The molecular formula is C19H17BrClN3O. The van der Waals surface area contributed by atoms with E-state index in [4.69, 9.17) is 11.6 Å². The van der Waals surface area contributed by atoms with Crippen molar-refractivity contribution in [3.63, 3.8) is 0 Å². The molecule has 0 aliphatic rings. The largest absolute Gasteiger partial charge is 0.307 e. The molecule has 0 fully saturated rings. The van der Waals surface area contributed by atoms with Gasteiger partial charge in [-0.1, -0.05) is 58.7 Å². The Kier molecular flexibility index (Phi) is 5.56. The van der Waals surface area contributed by atoms with Crippen LogP contribution in [0.2, 0.25) is 5.02 Å². The summed E-state index contributed by atoms with van der Waals surface area (Å²) in [4.78, 5) is 12.5. The lowest BCUT2D eigenvalue weighted by molar-refractivity contribution is 0.102. The van der Waals surface area contributed by atoms with Gasteiger partial charge in [0.05, 0.1) is 23.3 Å². The van der Waals surface area contributed by atoms with Gasteiger partial charge in [-0.2, -0.15) is 5.10 Å². The van der Waals surface area contributed by atoms with Gasteiger partial charge in [0, 0.05) is 10.5 Å². The van der Waals surface area contributed by atoms with E-state index >= 15 is 0 Å². The minimum absolute atomic E-state index is 0.269. The van der Waals surface area contributed by atoms with Crippen LogP contribution < -0.4 is 5.32 Å². The molecule has 3 aromatic rings. The van der Waals surface area contributed by atoms with Crippen molar-refractivity contribution in [1.29, 1.82) is 0 Å². The van der Waals surface area contributed by atoms with Gasteiger partial charge in [0.25, 0.3) is 5.91 Å². The lowest BCUT2D eigenvalue weighted by Gasteiger charge is -2.10. The number of amides is 1. The number of benzene rings is 2. The van der Waals surface area contributed by atoms with Crippen molar-refractivity contribution in [2.75, 3.05) is 5.32 Å². The first-order chi connectivity index (χ1) is 12.1. The molecule has 2 aromatic carbocycles. The van der Waals surface area contributed by atoms with Gasteiger partial charge < -0.3 is 5.32 Å². The smallest absolute Gasteiger partial charge is 0.258 e. The molecule has 0 saturated carbocycles. The first kappa shape index (κ1) is 17.7. The number of rotatable bonds is 5. The molecule has 1 amide bonds. The molecule has 1 heterocycles. The van der Waals surface area contributed by atoms with Gasteiger partial charge in [0.15, 0.2) is 0 Å². The Labute approximate surface area is 159 Å². The minimum atomic E-state index is -0.269. The summed E-state index contributed by atoms with van der Waals surface area (Å²) in [6.07, 6.45) is 2.68. The zero-order valence-electron chi connectivity index (χ0n) is 13.7. The number of aryl methyl sites for hydroxylation is 1. The molecule has 0 bridgehead atoms. The Bertz CT molecular complexity index is 890. The maximum absolute atomic E-state index is 12.5. The number of nitrogens with one attached hydrogen (secondary N) is 1. The summed E-state index contributed by atoms with van der Waals surface area (Å²) in [7, 11) is 0. The van der Waals surface area contributed by atoms with E-state index in [-0.39, 0.29) is 5.91 Å². The quantitative estimate of drug-likeness (QED) is 0.622. The fourth-order valence-electron chi connectivity index (χ4n) is 2.47.